The number of aromatic amines is 1. The Morgan fingerprint density at radius 3 is 3.00 bits per heavy atom. The highest BCUT2D eigenvalue weighted by molar-refractivity contribution is 7.13. The third kappa shape index (κ3) is 1.27. The highest BCUT2D eigenvalue weighted by Gasteiger charge is 2.06. The molecular formula is C8H6N4S. The van der Waals surface area contributed by atoms with Gasteiger partial charge in [0.25, 0.3) is 0 Å². The van der Waals surface area contributed by atoms with Gasteiger partial charge in [-0.3, -0.25) is 5.10 Å². The van der Waals surface area contributed by atoms with Crippen LogP contribution in [0.3, 0.4) is 0 Å². The first-order valence-electron chi connectivity index (χ1n) is 3.59. The van der Waals surface area contributed by atoms with Crippen LogP contribution in [-0.4, -0.2) is 10.2 Å². The van der Waals surface area contributed by atoms with Crippen molar-refractivity contribution in [2.75, 3.05) is 5.73 Å². The Labute approximate surface area is 78.6 Å². The number of aromatic nitrogens is 2. The van der Waals surface area contributed by atoms with E-state index >= 15 is 0 Å². The van der Waals surface area contributed by atoms with Gasteiger partial charge in [-0.05, 0) is 6.07 Å². The van der Waals surface area contributed by atoms with E-state index in [1.165, 1.54) is 11.3 Å². The summed E-state index contributed by atoms with van der Waals surface area (Å²) in [4.78, 5) is 0.937. The van der Waals surface area contributed by atoms with Crippen molar-refractivity contribution in [1.82, 2.24) is 10.2 Å². The van der Waals surface area contributed by atoms with Crippen molar-refractivity contribution in [3.63, 3.8) is 0 Å². The van der Waals surface area contributed by atoms with Crippen LogP contribution >= 0.6 is 11.3 Å². The van der Waals surface area contributed by atoms with Crippen LogP contribution in [0.2, 0.25) is 0 Å². The molecule has 2 heterocycles. The SMILES string of the molecule is N#Cc1csc(-c2[nH]ncc2N)c1. The van der Waals surface area contributed by atoms with Crippen LogP contribution in [0.15, 0.2) is 17.6 Å². The summed E-state index contributed by atoms with van der Waals surface area (Å²) in [7, 11) is 0. The van der Waals surface area contributed by atoms with Crippen LogP contribution in [0.5, 0.6) is 0 Å². The van der Waals surface area contributed by atoms with Gasteiger partial charge in [0, 0.05) is 5.38 Å². The van der Waals surface area contributed by atoms with Crippen molar-refractivity contribution < 1.29 is 0 Å². The smallest absolute Gasteiger partial charge is 0.100 e. The minimum absolute atomic E-state index is 0.603. The topological polar surface area (TPSA) is 78.5 Å². The summed E-state index contributed by atoms with van der Waals surface area (Å²) in [5.74, 6) is 0. The van der Waals surface area contributed by atoms with Gasteiger partial charge in [0.1, 0.15) is 6.07 Å². The van der Waals surface area contributed by atoms with Gasteiger partial charge >= 0.3 is 0 Å². The Morgan fingerprint density at radius 2 is 2.46 bits per heavy atom. The van der Waals surface area contributed by atoms with Crippen LogP contribution in [-0.2, 0) is 0 Å². The van der Waals surface area contributed by atoms with Crippen molar-refractivity contribution in [2.24, 2.45) is 0 Å². The van der Waals surface area contributed by atoms with Crippen LogP contribution in [0.1, 0.15) is 5.56 Å². The molecule has 0 aliphatic heterocycles. The lowest BCUT2D eigenvalue weighted by Crippen LogP contribution is -1.83. The van der Waals surface area contributed by atoms with Crippen molar-refractivity contribution in [3.05, 3.63) is 23.2 Å². The summed E-state index contributed by atoms with van der Waals surface area (Å²) in [5, 5.41) is 17.0. The van der Waals surface area contributed by atoms with E-state index in [0.717, 1.165) is 10.6 Å². The van der Waals surface area contributed by atoms with E-state index in [2.05, 4.69) is 16.3 Å². The van der Waals surface area contributed by atoms with Crippen molar-refractivity contribution in [1.29, 1.82) is 5.26 Å². The number of hydrogen-bond donors (Lipinski definition) is 2. The van der Waals surface area contributed by atoms with E-state index in [1.54, 1.807) is 17.6 Å². The van der Waals surface area contributed by atoms with Gasteiger partial charge < -0.3 is 5.73 Å². The lowest BCUT2D eigenvalue weighted by molar-refractivity contribution is 1.10. The summed E-state index contributed by atoms with van der Waals surface area (Å²) in [6.07, 6.45) is 1.56. The molecule has 0 saturated carbocycles. The standard InChI is InChI=1S/C8H6N4S/c9-2-5-1-7(13-4-5)8-6(10)3-11-12-8/h1,3-4H,10H2,(H,11,12). The quantitative estimate of drug-likeness (QED) is 0.716. The molecule has 0 spiro atoms. The van der Waals surface area contributed by atoms with E-state index in [9.17, 15) is 0 Å². The predicted molar refractivity (Wildman–Crippen MR) is 51.0 cm³/mol. The van der Waals surface area contributed by atoms with Gasteiger partial charge in [0.2, 0.25) is 0 Å². The van der Waals surface area contributed by atoms with Gasteiger partial charge in [-0.15, -0.1) is 11.3 Å². The summed E-state index contributed by atoms with van der Waals surface area (Å²) in [6, 6.07) is 3.85. The number of thiophene rings is 1. The molecule has 0 amide bonds. The van der Waals surface area contributed by atoms with Crippen LogP contribution in [0.25, 0.3) is 10.6 Å². The Morgan fingerprint density at radius 1 is 1.62 bits per heavy atom. The predicted octanol–water partition coefficient (Wildman–Crippen LogP) is 1.59. The Hall–Kier alpha value is -1.80. The number of H-pyrrole nitrogens is 1. The molecule has 0 saturated heterocycles. The molecule has 2 aromatic rings. The minimum Gasteiger partial charge on any atom is -0.396 e. The van der Waals surface area contributed by atoms with Gasteiger partial charge in [-0.2, -0.15) is 10.4 Å². The van der Waals surface area contributed by atoms with E-state index in [-0.39, 0.29) is 0 Å². The summed E-state index contributed by atoms with van der Waals surface area (Å²) < 4.78 is 0. The number of nitriles is 1. The molecule has 0 radical (unpaired) electrons. The molecule has 13 heavy (non-hydrogen) atoms. The Kier molecular flexibility index (Phi) is 1.76. The Bertz CT molecular complexity index is 462. The van der Waals surface area contributed by atoms with Crippen molar-refractivity contribution in [2.45, 2.75) is 0 Å². The lowest BCUT2D eigenvalue weighted by Gasteiger charge is -1.91. The van der Waals surface area contributed by atoms with Crippen LogP contribution in [0, 0.1) is 11.3 Å². The first-order valence-corrected chi connectivity index (χ1v) is 4.47. The summed E-state index contributed by atoms with van der Waals surface area (Å²) in [5.41, 5.74) is 7.69. The number of hydrogen-bond acceptors (Lipinski definition) is 4. The average Bonchev–Trinajstić information content (AvgIpc) is 2.71. The second kappa shape index (κ2) is 2.92. The summed E-state index contributed by atoms with van der Waals surface area (Å²) in [6.45, 7) is 0. The number of rotatable bonds is 1. The van der Waals surface area contributed by atoms with E-state index in [4.69, 9.17) is 11.0 Å². The minimum atomic E-state index is 0.603. The normalized spacial score (nSPS) is 9.77. The maximum atomic E-state index is 8.62. The molecule has 0 aromatic carbocycles. The zero-order chi connectivity index (χ0) is 9.26. The molecule has 64 valence electrons. The molecule has 5 heteroatoms. The largest absolute Gasteiger partial charge is 0.396 e. The molecule has 0 unspecified atom stereocenters. The van der Waals surface area contributed by atoms with E-state index < -0.39 is 0 Å². The third-order valence-electron chi connectivity index (χ3n) is 1.64. The van der Waals surface area contributed by atoms with E-state index in [0.29, 0.717) is 11.3 Å². The van der Waals surface area contributed by atoms with Gasteiger partial charge in [-0.1, -0.05) is 0 Å². The first-order chi connectivity index (χ1) is 6.31. The number of nitrogens with one attached hydrogen (secondary N) is 1. The van der Waals surface area contributed by atoms with Crippen molar-refractivity contribution >= 4 is 17.0 Å². The van der Waals surface area contributed by atoms with Crippen LogP contribution in [0.4, 0.5) is 5.69 Å². The number of anilines is 1. The average molecular weight is 190 g/mol. The highest BCUT2D eigenvalue weighted by Crippen LogP contribution is 2.28. The lowest BCUT2D eigenvalue weighted by atomic mass is 10.3. The second-order valence-electron chi connectivity index (χ2n) is 2.51. The molecule has 0 fully saturated rings. The fourth-order valence-electron chi connectivity index (χ4n) is 1.02. The molecular weight excluding hydrogens is 184 g/mol. The fourth-order valence-corrected chi connectivity index (χ4v) is 1.87. The number of nitrogen functional groups attached to an aromatic ring is 1. The van der Waals surface area contributed by atoms with E-state index in [1.807, 2.05) is 0 Å². The Balaban J connectivity index is 2.48. The second-order valence-corrected chi connectivity index (χ2v) is 3.42. The maximum absolute atomic E-state index is 8.62. The highest BCUT2D eigenvalue weighted by atomic mass is 32.1. The molecule has 0 aliphatic carbocycles. The third-order valence-corrected chi connectivity index (χ3v) is 2.59. The molecule has 3 N–H and O–H groups in total. The van der Waals surface area contributed by atoms with Gasteiger partial charge in [-0.25, -0.2) is 0 Å². The molecule has 0 aliphatic rings. The van der Waals surface area contributed by atoms with Crippen LogP contribution < -0.4 is 5.73 Å². The summed E-state index contributed by atoms with van der Waals surface area (Å²) >= 11 is 1.47. The molecule has 0 bridgehead atoms. The zero-order valence-electron chi connectivity index (χ0n) is 6.61. The molecule has 2 aromatic heterocycles. The number of nitrogens with zero attached hydrogens (tertiary/aromatic N) is 2. The molecule has 4 nitrogen and oxygen atoms in total. The van der Waals surface area contributed by atoms with Gasteiger partial charge in [0.15, 0.2) is 0 Å². The first kappa shape index (κ1) is 7.83. The maximum Gasteiger partial charge on any atom is 0.100 e. The fraction of sp³-hybridized carbons (Fsp3) is 0. The zero-order valence-corrected chi connectivity index (χ0v) is 7.43. The van der Waals surface area contributed by atoms with Crippen molar-refractivity contribution in [3.8, 4) is 16.6 Å². The van der Waals surface area contributed by atoms with Gasteiger partial charge in [0.05, 0.1) is 28.0 Å². The number of nitrogens with two attached hydrogens (primary N) is 1. The monoisotopic (exact) mass is 190 g/mol. The molecule has 2 rings (SSSR count). The molecule has 0 atom stereocenters.